The summed E-state index contributed by atoms with van der Waals surface area (Å²) in [5.41, 5.74) is 1.35. The second-order valence-electron chi connectivity index (χ2n) is 6.27. The predicted molar refractivity (Wildman–Crippen MR) is 100 cm³/mol. The predicted octanol–water partition coefficient (Wildman–Crippen LogP) is 5.80. The number of carbonyl (C=O) groups is 1. The van der Waals surface area contributed by atoms with E-state index in [1.165, 1.54) is 0 Å². The van der Waals surface area contributed by atoms with E-state index in [-0.39, 0.29) is 11.3 Å². The maximum Gasteiger partial charge on any atom is 0.339 e. The van der Waals surface area contributed by atoms with Crippen molar-refractivity contribution in [1.29, 1.82) is 0 Å². The van der Waals surface area contributed by atoms with Gasteiger partial charge in [0.1, 0.15) is 5.56 Å². The molecule has 0 saturated carbocycles. The molecule has 5 heteroatoms. The molecule has 136 valence electrons. The van der Waals surface area contributed by atoms with E-state index in [0.717, 1.165) is 56.9 Å². The fourth-order valence-corrected chi connectivity index (χ4v) is 3.64. The highest BCUT2D eigenvalue weighted by Gasteiger charge is 2.25. The molecule has 0 heterocycles. The number of carboxylic acids is 1. The van der Waals surface area contributed by atoms with Gasteiger partial charge in [-0.05, 0) is 52.7 Å². The minimum absolute atomic E-state index is 0.141. The van der Waals surface area contributed by atoms with E-state index in [2.05, 4.69) is 29.8 Å². The molecule has 1 aromatic rings. The largest absolute Gasteiger partial charge is 0.504 e. The van der Waals surface area contributed by atoms with Crippen LogP contribution >= 0.6 is 15.9 Å². The summed E-state index contributed by atoms with van der Waals surface area (Å²) in [6.07, 6.45) is 9.73. The Bertz CT molecular complexity index is 555. The Hall–Kier alpha value is -1.23. The first-order valence-electron chi connectivity index (χ1n) is 8.94. The molecule has 0 bridgehead atoms. The van der Waals surface area contributed by atoms with Gasteiger partial charge in [-0.25, -0.2) is 4.79 Å². The highest BCUT2D eigenvalue weighted by atomic mass is 79.9. The molecule has 24 heavy (non-hydrogen) atoms. The summed E-state index contributed by atoms with van der Waals surface area (Å²) in [7, 11) is 0. The van der Waals surface area contributed by atoms with E-state index < -0.39 is 11.7 Å². The topological polar surface area (TPSA) is 77.8 Å². The number of aromatic hydroxyl groups is 2. The first-order valence-corrected chi connectivity index (χ1v) is 9.73. The fraction of sp³-hybridized carbons (Fsp3) is 0.632. The second-order valence-corrected chi connectivity index (χ2v) is 7.06. The molecule has 0 saturated heterocycles. The molecule has 0 spiro atoms. The second kappa shape index (κ2) is 10.6. The Kier molecular flexibility index (Phi) is 9.19. The van der Waals surface area contributed by atoms with Gasteiger partial charge in [-0.15, -0.1) is 0 Å². The average Bonchev–Trinajstić information content (AvgIpc) is 2.55. The van der Waals surface area contributed by atoms with Gasteiger partial charge in [0, 0.05) is 0 Å². The van der Waals surface area contributed by atoms with Crippen LogP contribution in [0, 0.1) is 0 Å². The van der Waals surface area contributed by atoms with Gasteiger partial charge in [-0.2, -0.15) is 0 Å². The SMILES string of the molecule is CCCCCCc1c(Br)c(O)c(O)c(C(=O)O)c1CCCCCC. The molecule has 4 nitrogen and oxygen atoms in total. The standard InChI is InChI=1S/C19H29BrO4/c1-3-5-7-9-11-13-14(12-10-8-6-4-2)16(20)18(22)17(21)15(13)19(23)24/h21-22H,3-12H2,1-2H3,(H,23,24). The summed E-state index contributed by atoms with van der Waals surface area (Å²) < 4.78 is 0.437. The number of benzene rings is 1. The van der Waals surface area contributed by atoms with Crippen molar-refractivity contribution in [3.8, 4) is 11.5 Å². The number of halogens is 1. The van der Waals surface area contributed by atoms with Crippen molar-refractivity contribution in [2.75, 3.05) is 0 Å². The summed E-state index contributed by atoms with van der Waals surface area (Å²) >= 11 is 3.35. The van der Waals surface area contributed by atoms with Crippen LogP contribution in [-0.2, 0) is 12.8 Å². The molecular weight excluding hydrogens is 372 g/mol. The smallest absolute Gasteiger partial charge is 0.339 e. The Balaban J connectivity index is 3.17. The molecule has 0 aliphatic heterocycles. The van der Waals surface area contributed by atoms with Gasteiger partial charge in [-0.1, -0.05) is 52.4 Å². The number of carboxylic acid groups (broad SMARTS) is 1. The van der Waals surface area contributed by atoms with E-state index in [1.54, 1.807) is 0 Å². The molecule has 0 aliphatic rings. The number of hydrogen-bond donors (Lipinski definition) is 3. The van der Waals surface area contributed by atoms with Gasteiger partial charge in [0.25, 0.3) is 0 Å². The maximum atomic E-state index is 11.6. The van der Waals surface area contributed by atoms with E-state index in [0.29, 0.717) is 22.9 Å². The van der Waals surface area contributed by atoms with E-state index in [9.17, 15) is 20.1 Å². The molecule has 1 aromatic carbocycles. The molecule has 0 unspecified atom stereocenters. The van der Waals surface area contributed by atoms with Crippen LogP contribution in [-0.4, -0.2) is 21.3 Å². The lowest BCUT2D eigenvalue weighted by molar-refractivity contribution is 0.0691. The van der Waals surface area contributed by atoms with Crippen LogP contribution in [0.25, 0.3) is 0 Å². The van der Waals surface area contributed by atoms with Crippen LogP contribution in [0.1, 0.15) is 86.7 Å². The number of phenols is 2. The van der Waals surface area contributed by atoms with Crippen LogP contribution in [0.2, 0.25) is 0 Å². The van der Waals surface area contributed by atoms with Crippen LogP contribution in [0.15, 0.2) is 4.47 Å². The monoisotopic (exact) mass is 400 g/mol. The Labute approximate surface area is 153 Å². The lowest BCUT2D eigenvalue weighted by Crippen LogP contribution is -2.09. The number of hydrogen-bond acceptors (Lipinski definition) is 3. The molecular formula is C19H29BrO4. The van der Waals surface area contributed by atoms with Crippen LogP contribution in [0.5, 0.6) is 11.5 Å². The van der Waals surface area contributed by atoms with Crippen LogP contribution < -0.4 is 0 Å². The highest BCUT2D eigenvalue weighted by Crippen LogP contribution is 2.43. The van der Waals surface area contributed by atoms with Crippen molar-refractivity contribution in [2.45, 2.75) is 78.1 Å². The third-order valence-corrected chi connectivity index (χ3v) is 5.23. The van der Waals surface area contributed by atoms with Gasteiger partial charge in [0.2, 0.25) is 0 Å². The van der Waals surface area contributed by atoms with Gasteiger partial charge in [0.15, 0.2) is 11.5 Å². The van der Waals surface area contributed by atoms with Crippen molar-refractivity contribution < 1.29 is 20.1 Å². The summed E-state index contributed by atoms with van der Waals surface area (Å²) in [6, 6.07) is 0. The van der Waals surface area contributed by atoms with E-state index in [1.807, 2.05) is 0 Å². The molecule has 0 amide bonds. The van der Waals surface area contributed by atoms with E-state index in [4.69, 9.17) is 0 Å². The fourth-order valence-electron chi connectivity index (χ4n) is 3.02. The Morgan fingerprint density at radius 3 is 1.79 bits per heavy atom. The molecule has 0 radical (unpaired) electrons. The first-order chi connectivity index (χ1) is 11.5. The highest BCUT2D eigenvalue weighted by molar-refractivity contribution is 9.10. The molecule has 3 N–H and O–H groups in total. The van der Waals surface area contributed by atoms with Crippen molar-refractivity contribution in [3.05, 3.63) is 21.2 Å². The lowest BCUT2D eigenvalue weighted by Gasteiger charge is -2.18. The summed E-state index contributed by atoms with van der Waals surface area (Å²) in [6.45, 7) is 4.27. The van der Waals surface area contributed by atoms with Gasteiger partial charge in [0.05, 0.1) is 4.47 Å². The zero-order chi connectivity index (χ0) is 18.1. The van der Waals surface area contributed by atoms with Crippen molar-refractivity contribution >= 4 is 21.9 Å². The Morgan fingerprint density at radius 2 is 1.33 bits per heavy atom. The van der Waals surface area contributed by atoms with Crippen LogP contribution in [0.4, 0.5) is 0 Å². The normalized spacial score (nSPS) is 11.0. The maximum absolute atomic E-state index is 11.6. The number of rotatable bonds is 11. The van der Waals surface area contributed by atoms with Gasteiger partial charge in [-0.3, -0.25) is 0 Å². The van der Waals surface area contributed by atoms with Gasteiger partial charge < -0.3 is 15.3 Å². The summed E-state index contributed by atoms with van der Waals surface area (Å²) in [4.78, 5) is 11.6. The lowest BCUT2D eigenvalue weighted by atomic mass is 9.91. The van der Waals surface area contributed by atoms with Crippen molar-refractivity contribution in [3.63, 3.8) is 0 Å². The molecule has 0 fully saturated rings. The summed E-state index contributed by atoms with van der Waals surface area (Å²) in [5, 5.41) is 29.7. The number of aromatic carboxylic acids is 1. The third kappa shape index (κ3) is 5.40. The van der Waals surface area contributed by atoms with Crippen molar-refractivity contribution in [2.24, 2.45) is 0 Å². The number of phenolic OH excluding ortho intramolecular Hbond substituents is 1. The average molecular weight is 401 g/mol. The zero-order valence-electron chi connectivity index (χ0n) is 14.7. The summed E-state index contributed by atoms with van der Waals surface area (Å²) in [5.74, 6) is -2.08. The first kappa shape index (κ1) is 20.8. The quantitative estimate of drug-likeness (QED) is 0.323. The molecule has 0 aromatic heterocycles. The molecule has 0 atom stereocenters. The van der Waals surface area contributed by atoms with Gasteiger partial charge >= 0.3 is 5.97 Å². The number of unbranched alkanes of at least 4 members (excludes halogenated alkanes) is 6. The van der Waals surface area contributed by atoms with Crippen molar-refractivity contribution in [1.82, 2.24) is 0 Å². The molecule has 0 aliphatic carbocycles. The van der Waals surface area contributed by atoms with Crippen LogP contribution in [0.3, 0.4) is 0 Å². The zero-order valence-corrected chi connectivity index (χ0v) is 16.3. The van der Waals surface area contributed by atoms with E-state index >= 15 is 0 Å². The third-order valence-electron chi connectivity index (χ3n) is 4.37. The minimum atomic E-state index is -1.18. The minimum Gasteiger partial charge on any atom is -0.504 e. The Morgan fingerprint density at radius 1 is 0.833 bits per heavy atom. The molecule has 1 rings (SSSR count).